The van der Waals surface area contributed by atoms with Gasteiger partial charge in [-0.05, 0) is 49.8 Å². The van der Waals surface area contributed by atoms with Crippen LogP contribution in [0.3, 0.4) is 0 Å². The summed E-state index contributed by atoms with van der Waals surface area (Å²) >= 11 is 3.00. The van der Waals surface area contributed by atoms with Gasteiger partial charge >= 0.3 is 12.1 Å². The van der Waals surface area contributed by atoms with Crippen LogP contribution in [-0.4, -0.2) is 64.6 Å². The molecule has 5 N–H and O–H groups in total. The number of alkyl carbamates (subject to hydrolysis) is 1. The van der Waals surface area contributed by atoms with Crippen LogP contribution in [0.5, 0.6) is 0 Å². The number of rotatable bonds is 18. The maximum absolute atomic E-state index is 13.7. The molecule has 13 heteroatoms. The fourth-order valence-corrected chi connectivity index (χ4v) is 6.61. The molecule has 0 aliphatic rings. The average Bonchev–Trinajstić information content (AvgIpc) is 3.80. The van der Waals surface area contributed by atoms with Gasteiger partial charge in [0.05, 0.1) is 27.6 Å². The number of hydrogen-bond donors (Lipinski definition) is 4. The van der Waals surface area contributed by atoms with E-state index in [4.69, 9.17) is 10.5 Å². The van der Waals surface area contributed by atoms with Crippen molar-refractivity contribution >= 4 is 40.7 Å². The number of carbonyl (C=O) groups excluding carboxylic acids is 3. The van der Waals surface area contributed by atoms with E-state index in [-0.39, 0.29) is 43.6 Å². The Morgan fingerprint density at radius 1 is 0.878 bits per heavy atom. The number of carbonyl (C=O) groups is 3. The molecule has 3 atom stereocenters. The number of aromatic nitrogens is 2. The van der Waals surface area contributed by atoms with Crippen molar-refractivity contribution in [2.75, 3.05) is 13.6 Å². The van der Waals surface area contributed by atoms with Crippen molar-refractivity contribution in [3.8, 4) is 0 Å². The summed E-state index contributed by atoms with van der Waals surface area (Å²) in [7, 11) is 1.68. The first-order valence-corrected chi connectivity index (χ1v) is 18.3. The second-order valence-corrected chi connectivity index (χ2v) is 14.2. The third-order valence-electron chi connectivity index (χ3n) is 7.89. The molecular formula is C36H47N7O4S2. The minimum absolute atomic E-state index is 0.146. The molecule has 4 amide bonds. The molecule has 0 saturated carbocycles. The largest absolute Gasteiger partial charge is 0.444 e. The zero-order valence-corrected chi connectivity index (χ0v) is 30.0. The molecule has 2 heterocycles. The van der Waals surface area contributed by atoms with E-state index in [0.717, 1.165) is 26.7 Å². The summed E-state index contributed by atoms with van der Waals surface area (Å²) in [5, 5.41) is 12.1. The van der Waals surface area contributed by atoms with Crippen molar-refractivity contribution in [2.45, 2.75) is 83.1 Å². The number of nitrogens with one attached hydrogen (secondary N) is 3. The van der Waals surface area contributed by atoms with E-state index in [1.807, 2.05) is 66.0 Å². The average molecular weight is 706 g/mol. The second-order valence-electron chi connectivity index (χ2n) is 12.3. The third kappa shape index (κ3) is 12.9. The molecule has 3 unspecified atom stereocenters. The van der Waals surface area contributed by atoms with E-state index in [9.17, 15) is 14.4 Å². The lowest BCUT2D eigenvalue weighted by Gasteiger charge is -2.27. The van der Waals surface area contributed by atoms with Crippen LogP contribution in [0, 0.1) is 0 Å². The molecule has 4 aromatic rings. The maximum Gasteiger partial charge on any atom is 0.407 e. The highest BCUT2D eigenvalue weighted by Crippen LogP contribution is 2.20. The number of nitrogens with zero attached hydrogens (tertiary/aromatic N) is 3. The first-order valence-electron chi connectivity index (χ1n) is 16.5. The van der Waals surface area contributed by atoms with Crippen molar-refractivity contribution < 1.29 is 19.1 Å². The van der Waals surface area contributed by atoms with Gasteiger partial charge in [-0.15, -0.1) is 22.7 Å². The molecule has 262 valence electrons. The SMILES string of the molecule is CC(C)c1nc(CN(C)C(=O)NC(CCN)C(=O)NC(CCC(Cc2ccccc2)NC(=O)OCc2cncs2)Cc2ccccc2)cs1. The van der Waals surface area contributed by atoms with Gasteiger partial charge in [0.25, 0.3) is 0 Å². The van der Waals surface area contributed by atoms with E-state index in [1.165, 1.54) is 16.2 Å². The van der Waals surface area contributed by atoms with Crippen LogP contribution in [0.4, 0.5) is 9.59 Å². The Balaban J connectivity index is 1.42. The van der Waals surface area contributed by atoms with Crippen molar-refractivity contribution in [3.63, 3.8) is 0 Å². The van der Waals surface area contributed by atoms with Gasteiger partial charge in [0.1, 0.15) is 12.6 Å². The molecule has 0 spiro atoms. The lowest BCUT2D eigenvalue weighted by molar-refractivity contribution is -0.123. The zero-order valence-electron chi connectivity index (χ0n) is 28.3. The summed E-state index contributed by atoms with van der Waals surface area (Å²) in [6.07, 6.45) is 3.76. The van der Waals surface area contributed by atoms with Crippen LogP contribution in [0.25, 0.3) is 0 Å². The molecule has 0 fully saturated rings. The number of hydrogen-bond acceptors (Lipinski definition) is 9. The monoisotopic (exact) mass is 705 g/mol. The molecule has 11 nitrogen and oxygen atoms in total. The van der Waals surface area contributed by atoms with Crippen LogP contribution in [0.15, 0.2) is 77.8 Å². The number of ether oxygens (including phenoxy) is 1. The van der Waals surface area contributed by atoms with Crippen molar-refractivity contribution in [3.05, 3.63) is 104 Å². The highest BCUT2D eigenvalue weighted by Gasteiger charge is 2.26. The van der Waals surface area contributed by atoms with Crippen LogP contribution in [0.1, 0.15) is 65.7 Å². The Labute approximate surface area is 296 Å². The Bertz CT molecular complexity index is 1570. The van der Waals surface area contributed by atoms with Gasteiger partial charge in [-0.2, -0.15) is 0 Å². The summed E-state index contributed by atoms with van der Waals surface area (Å²) in [5.41, 5.74) is 10.5. The van der Waals surface area contributed by atoms with Gasteiger partial charge in [0.2, 0.25) is 5.91 Å². The van der Waals surface area contributed by atoms with Gasteiger partial charge in [0.15, 0.2) is 0 Å². The number of urea groups is 1. The minimum atomic E-state index is -0.820. The quantitative estimate of drug-likeness (QED) is 0.105. The number of nitrogens with two attached hydrogens (primary N) is 1. The second kappa shape index (κ2) is 19.6. The van der Waals surface area contributed by atoms with Crippen LogP contribution < -0.4 is 21.7 Å². The maximum atomic E-state index is 13.7. The molecule has 2 aromatic carbocycles. The van der Waals surface area contributed by atoms with Gasteiger partial charge in [-0.3, -0.25) is 9.78 Å². The Morgan fingerprint density at radius 2 is 1.51 bits per heavy atom. The minimum Gasteiger partial charge on any atom is -0.444 e. The predicted octanol–water partition coefficient (Wildman–Crippen LogP) is 5.63. The summed E-state index contributed by atoms with van der Waals surface area (Å²) < 4.78 is 5.48. The van der Waals surface area contributed by atoms with Gasteiger partial charge < -0.3 is 31.3 Å². The number of benzene rings is 2. The van der Waals surface area contributed by atoms with E-state index in [0.29, 0.717) is 38.1 Å². The molecular weight excluding hydrogens is 659 g/mol. The van der Waals surface area contributed by atoms with E-state index < -0.39 is 12.1 Å². The lowest BCUT2D eigenvalue weighted by atomic mass is 9.95. The topological polar surface area (TPSA) is 152 Å². The molecule has 4 rings (SSSR count). The molecule has 0 aliphatic carbocycles. The standard InChI is InChI=1S/C36H47N7O4S2/c1-25(2)34-40-30(23-48-34)21-43(3)35(45)42-32(16-17-37)33(44)39-28(18-26-10-6-4-7-11-26)14-15-29(19-27-12-8-5-9-13-27)41-36(46)47-22-31-20-38-24-49-31/h4-13,20,23-25,28-29,32H,14-19,21-22,37H2,1-3H3,(H,39,44)(H,41,46)(H,42,45). The summed E-state index contributed by atoms with van der Waals surface area (Å²) in [4.78, 5) is 50.8. The Kier molecular flexibility index (Phi) is 15.0. The van der Waals surface area contributed by atoms with E-state index >= 15 is 0 Å². The number of amides is 4. The fraction of sp³-hybridized carbons (Fsp3) is 0.417. The Hall–Kier alpha value is -4.33. The van der Waals surface area contributed by atoms with Crippen LogP contribution >= 0.6 is 22.7 Å². The lowest BCUT2D eigenvalue weighted by Crippen LogP contribution is -2.53. The Morgan fingerprint density at radius 3 is 2.06 bits per heavy atom. The molecule has 0 bridgehead atoms. The smallest absolute Gasteiger partial charge is 0.407 e. The van der Waals surface area contributed by atoms with E-state index in [2.05, 4.69) is 39.8 Å². The van der Waals surface area contributed by atoms with Gasteiger partial charge in [0, 0.05) is 36.6 Å². The molecule has 0 radical (unpaired) electrons. The third-order valence-corrected chi connectivity index (χ3v) is 9.84. The van der Waals surface area contributed by atoms with Crippen molar-refractivity contribution in [1.82, 2.24) is 30.8 Å². The summed E-state index contributed by atoms with van der Waals surface area (Å²) in [6.45, 7) is 4.86. The first-order chi connectivity index (χ1) is 23.7. The van der Waals surface area contributed by atoms with Crippen LogP contribution in [0.2, 0.25) is 0 Å². The fourth-order valence-electron chi connectivity index (χ4n) is 5.28. The van der Waals surface area contributed by atoms with Gasteiger partial charge in [-0.25, -0.2) is 14.6 Å². The zero-order chi connectivity index (χ0) is 35.0. The van der Waals surface area contributed by atoms with Crippen molar-refractivity contribution in [2.24, 2.45) is 5.73 Å². The molecule has 0 aliphatic heterocycles. The van der Waals surface area contributed by atoms with Crippen LogP contribution in [-0.2, 0) is 35.5 Å². The first kappa shape index (κ1) is 37.5. The van der Waals surface area contributed by atoms with Gasteiger partial charge in [-0.1, -0.05) is 74.5 Å². The highest BCUT2D eigenvalue weighted by molar-refractivity contribution is 7.09. The predicted molar refractivity (Wildman–Crippen MR) is 194 cm³/mol. The van der Waals surface area contributed by atoms with Crippen molar-refractivity contribution in [1.29, 1.82) is 0 Å². The summed E-state index contributed by atoms with van der Waals surface area (Å²) in [6, 6.07) is 18.1. The summed E-state index contributed by atoms with van der Waals surface area (Å²) in [5.74, 6) is 0.00663. The molecule has 2 aromatic heterocycles. The molecule has 0 saturated heterocycles. The number of thiazole rings is 2. The van der Waals surface area contributed by atoms with E-state index in [1.54, 1.807) is 30.1 Å². The molecule has 49 heavy (non-hydrogen) atoms. The highest BCUT2D eigenvalue weighted by atomic mass is 32.1. The normalized spacial score (nSPS) is 12.9.